The Morgan fingerprint density at radius 3 is 2.50 bits per heavy atom. The summed E-state index contributed by atoms with van der Waals surface area (Å²) in [7, 11) is -2.85. The molecule has 1 N–H and O–H groups in total. The third-order valence-electron chi connectivity index (χ3n) is 1.64. The molecule has 0 spiro atoms. The lowest BCUT2D eigenvalue weighted by Crippen LogP contribution is -2.09. The van der Waals surface area contributed by atoms with Gasteiger partial charge in [-0.3, -0.25) is 4.79 Å². The molecule has 4 nitrogen and oxygen atoms in total. The molecule has 0 aliphatic heterocycles. The first kappa shape index (κ1) is 13.8. The minimum absolute atomic E-state index is 0.144. The van der Waals surface area contributed by atoms with E-state index in [2.05, 4.69) is 0 Å². The molecule has 0 aliphatic rings. The monoisotopic (exact) mass is 240 g/mol. The molecule has 0 saturated heterocycles. The van der Waals surface area contributed by atoms with E-state index in [0.717, 1.165) is 0 Å². The van der Waals surface area contributed by atoms with Crippen molar-refractivity contribution in [3.05, 3.63) is 0 Å². The Morgan fingerprint density at radius 1 is 1.36 bits per heavy atom. The molecule has 0 aromatic carbocycles. The van der Waals surface area contributed by atoms with Crippen molar-refractivity contribution in [2.45, 2.75) is 19.8 Å². The predicted octanol–water partition coefficient (Wildman–Crippen LogP) is 1.02. The molecule has 6 heteroatoms. The van der Waals surface area contributed by atoms with Gasteiger partial charge in [-0.15, -0.1) is 0 Å². The van der Waals surface area contributed by atoms with Gasteiger partial charge in [0, 0.05) is 11.5 Å². The zero-order valence-corrected chi connectivity index (χ0v) is 9.86. The quantitative estimate of drug-likeness (QED) is 0.641. The Labute approximate surface area is 89.0 Å². The average Bonchev–Trinajstić information content (AvgIpc) is 2.10. The van der Waals surface area contributed by atoms with Gasteiger partial charge >= 0.3 is 5.97 Å². The van der Waals surface area contributed by atoms with Crippen LogP contribution in [0, 0.1) is 0 Å². The van der Waals surface area contributed by atoms with Gasteiger partial charge in [0.05, 0.1) is 12.2 Å². The molecule has 0 bridgehead atoms. The molecule has 0 atom stereocenters. The van der Waals surface area contributed by atoms with E-state index < -0.39 is 15.8 Å². The van der Waals surface area contributed by atoms with Gasteiger partial charge in [0.15, 0.2) is 0 Å². The maximum absolute atomic E-state index is 11.0. The minimum atomic E-state index is -2.85. The Bertz CT molecular complexity index is 259. The van der Waals surface area contributed by atoms with Crippen LogP contribution in [0.2, 0.25) is 0 Å². The SMILES string of the molecule is CCS(=O)(=O)CCCSCCC(=O)O. The van der Waals surface area contributed by atoms with Crippen LogP contribution < -0.4 is 0 Å². The maximum Gasteiger partial charge on any atom is 0.304 e. The maximum atomic E-state index is 11.0. The van der Waals surface area contributed by atoms with Crippen molar-refractivity contribution in [2.24, 2.45) is 0 Å². The van der Waals surface area contributed by atoms with Crippen molar-refractivity contribution >= 4 is 27.6 Å². The van der Waals surface area contributed by atoms with Crippen LogP contribution in [-0.2, 0) is 14.6 Å². The third kappa shape index (κ3) is 8.37. The van der Waals surface area contributed by atoms with Crippen LogP contribution in [0.1, 0.15) is 19.8 Å². The molecule has 0 aliphatic carbocycles. The number of hydrogen-bond donors (Lipinski definition) is 1. The number of carboxylic acid groups (broad SMARTS) is 1. The van der Waals surface area contributed by atoms with E-state index in [4.69, 9.17) is 5.11 Å². The molecule has 0 aromatic rings. The van der Waals surface area contributed by atoms with E-state index in [1.54, 1.807) is 6.92 Å². The van der Waals surface area contributed by atoms with Gasteiger partial charge in [-0.05, 0) is 12.2 Å². The van der Waals surface area contributed by atoms with Crippen LogP contribution in [0.15, 0.2) is 0 Å². The first-order valence-corrected chi connectivity index (χ1v) is 7.45. The fourth-order valence-corrected chi connectivity index (χ4v) is 2.71. The van der Waals surface area contributed by atoms with Crippen LogP contribution in [-0.4, -0.2) is 42.5 Å². The molecular weight excluding hydrogens is 224 g/mol. The lowest BCUT2D eigenvalue weighted by Gasteiger charge is -2.00. The Morgan fingerprint density at radius 2 is 2.00 bits per heavy atom. The topological polar surface area (TPSA) is 71.4 Å². The number of hydrogen-bond acceptors (Lipinski definition) is 4. The molecule has 84 valence electrons. The summed E-state index contributed by atoms with van der Waals surface area (Å²) in [5, 5.41) is 8.33. The highest BCUT2D eigenvalue weighted by atomic mass is 32.2. The normalized spacial score (nSPS) is 11.5. The van der Waals surface area contributed by atoms with Gasteiger partial charge in [0.1, 0.15) is 9.84 Å². The van der Waals surface area contributed by atoms with E-state index in [1.165, 1.54) is 11.8 Å². The second kappa shape index (κ2) is 7.11. The van der Waals surface area contributed by atoms with Crippen molar-refractivity contribution in [2.75, 3.05) is 23.0 Å². The van der Waals surface area contributed by atoms with E-state index in [1.807, 2.05) is 0 Å². The van der Waals surface area contributed by atoms with Gasteiger partial charge in [-0.1, -0.05) is 6.92 Å². The van der Waals surface area contributed by atoms with Crippen molar-refractivity contribution < 1.29 is 18.3 Å². The molecule has 0 heterocycles. The van der Waals surface area contributed by atoms with Gasteiger partial charge in [0.25, 0.3) is 0 Å². The number of thioether (sulfide) groups is 1. The summed E-state index contributed by atoms with van der Waals surface area (Å²) in [6.07, 6.45) is 0.756. The van der Waals surface area contributed by atoms with Crippen molar-refractivity contribution in [1.29, 1.82) is 0 Å². The van der Waals surface area contributed by atoms with Crippen LogP contribution in [0.3, 0.4) is 0 Å². The highest BCUT2D eigenvalue weighted by Gasteiger charge is 2.06. The first-order valence-electron chi connectivity index (χ1n) is 4.48. The smallest absolute Gasteiger partial charge is 0.304 e. The summed E-state index contributed by atoms with van der Waals surface area (Å²) in [6.45, 7) is 1.63. The van der Waals surface area contributed by atoms with Crippen LogP contribution >= 0.6 is 11.8 Å². The number of sulfone groups is 1. The highest BCUT2D eigenvalue weighted by molar-refractivity contribution is 7.99. The lowest BCUT2D eigenvalue weighted by atomic mass is 10.5. The van der Waals surface area contributed by atoms with Crippen molar-refractivity contribution in [3.8, 4) is 0 Å². The number of carboxylic acids is 1. The number of aliphatic carboxylic acids is 1. The second-order valence-electron chi connectivity index (χ2n) is 2.85. The van der Waals surface area contributed by atoms with Crippen molar-refractivity contribution in [3.63, 3.8) is 0 Å². The zero-order valence-electron chi connectivity index (χ0n) is 8.23. The summed E-state index contributed by atoms with van der Waals surface area (Å²) >= 11 is 1.49. The van der Waals surface area contributed by atoms with Gasteiger partial charge in [0.2, 0.25) is 0 Å². The molecular formula is C8H16O4S2. The molecule has 0 saturated carbocycles. The lowest BCUT2D eigenvalue weighted by molar-refractivity contribution is -0.136. The largest absolute Gasteiger partial charge is 0.481 e. The fraction of sp³-hybridized carbons (Fsp3) is 0.875. The zero-order chi connectivity index (χ0) is 11.0. The fourth-order valence-electron chi connectivity index (χ4n) is 0.787. The van der Waals surface area contributed by atoms with Crippen molar-refractivity contribution in [1.82, 2.24) is 0 Å². The van der Waals surface area contributed by atoms with Gasteiger partial charge in [-0.25, -0.2) is 8.42 Å². The van der Waals surface area contributed by atoms with E-state index >= 15 is 0 Å². The molecule has 0 radical (unpaired) electrons. The van der Waals surface area contributed by atoms with Crippen LogP contribution in [0.25, 0.3) is 0 Å². The summed E-state index contributed by atoms with van der Waals surface area (Å²) in [6, 6.07) is 0. The van der Waals surface area contributed by atoms with E-state index in [9.17, 15) is 13.2 Å². The summed E-state index contributed by atoms with van der Waals surface area (Å²) < 4.78 is 22.1. The average molecular weight is 240 g/mol. The van der Waals surface area contributed by atoms with Gasteiger partial charge < -0.3 is 5.11 Å². The molecule has 0 rings (SSSR count). The van der Waals surface area contributed by atoms with Crippen LogP contribution in [0.5, 0.6) is 0 Å². The molecule has 0 aromatic heterocycles. The standard InChI is InChI=1S/C8H16O4S2/c1-2-14(11,12)7-3-5-13-6-4-8(9)10/h2-7H2,1H3,(H,9,10). The first-order chi connectivity index (χ1) is 6.48. The second-order valence-corrected chi connectivity index (χ2v) is 6.54. The summed E-state index contributed by atoms with van der Waals surface area (Å²) in [4.78, 5) is 10.1. The molecule has 0 amide bonds. The molecule has 14 heavy (non-hydrogen) atoms. The molecule has 0 unspecified atom stereocenters. The Hall–Kier alpha value is -0.230. The Balaban J connectivity index is 3.35. The number of rotatable bonds is 8. The predicted molar refractivity (Wildman–Crippen MR) is 58.5 cm³/mol. The van der Waals surface area contributed by atoms with E-state index in [-0.39, 0.29) is 17.9 Å². The number of carbonyl (C=O) groups is 1. The third-order valence-corrected chi connectivity index (χ3v) is 4.50. The Kier molecular flexibility index (Phi) is 7.00. The summed E-state index contributed by atoms with van der Waals surface area (Å²) in [5.41, 5.74) is 0. The highest BCUT2D eigenvalue weighted by Crippen LogP contribution is 2.06. The summed E-state index contributed by atoms with van der Waals surface area (Å²) in [5.74, 6) is 0.864. The van der Waals surface area contributed by atoms with Gasteiger partial charge in [-0.2, -0.15) is 11.8 Å². The minimum Gasteiger partial charge on any atom is -0.481 e. The molecule has 0 fully saturated rings. The van der Waals surface area contributed by atoms with Crippen LogP contribution in [0.4, 0.5) is 0 Å². The van der Waals surface area contributed by atoms with E-state index in [0.29, 0.717) is 17.9 Å².